The van der Waals surface area contributed by atoms with Gasteiger partial charge in [-0.1, -0.05) is 13.8 Å². The molecule has 0 N–H and O–H groups in total. The molecule has 0 spiro atoms. The molecule has 0 bridgehead atoms. The van der Waals surface area contributed by atoms with Crippen molar-refractivity contribution in [2.75, 3.05) is 0 Å². The molecule has 0 saturated heterocycles. The van der Waals surface area contributed by atoms with E-state index in [1.807, 2.05) is 13.8 Å². The van der Waals surface area contributed by atoms with Crippen molar-refractivity contribution in [1.82, 2.24) is 0 Å². The summed E-state index contributed by atoms with van der Waals surface area (Å²) in [6, 6.07) is 0. The van der Waals surface area contributed by atoms with Crippen LogP contribution in [0.1, 0.15) is 20.3 Å². The molecule has 0 rings (SSSR count). The van der Waals surface area contributed by atoms with Gasteiger partial charge < -0.3 is 0 Å². The highest BCUT2D eigenvalue weighted by Gasteiger charge is 2.15. The predicted molar refractivity (Wildman–Crippen MR) is 56.8 cm³/mol. The standard InChI is InChI=1S/C6H10ClIO2S/c1-4(2)5(9)3-6(10-8)11-7/h4,6H,3H2,1-2H3. The van der Waals surface area contributed by atoms with Crippen molar-refractivity contribution in [3.05, 3.63) is 0 Å². The van der Waals surface area contributed by atoms with Gasteiger partial charge in [-0.25, -0.2) is 0 Å². The van der Waals surface area contributed by atoms with E-state index in [0.29, 0.717) is 6.42 Å². The highest BCUT2D eigenvalue weighted by molar-refractivity contribution is 14.1. The van der Waals surface area contributed by atoms with Gasteiger partial charge in [0.05, 0.1) is 0 Å². The Balaban J connectivity index is 3.72. The maximum Gasteiger partial charge on any atom is 0.138 e. The summed E-state index contributed by atoms with van der Waals surface area (Å²) in [5, 5.41) is 0. The van der Waals surface area contributed by atoms with Crippen LogP contribution in [-0.4, -0.2) is 11.2 Å². The predicted octanol–water partition coefficient (Wildman–Crippen LogP) is 3.18. The molecule has 0 heterocycles. The highest BCUT2D eigenvalue weighted by Crippen LogP contribution is 2.23. The number of carbonyl (C=O) groups excluding carboxylic acids is 1. The van der Waals surface area contributed by atoms with E-state index in [-0.39, 0.29) is 17.1 Å². The average Bonchev–Trinajstić information content (AvgIpc) is 1.99. The normalized spacial score (nSPS) is 13.5. The first kappa shape index (κ1) is 12.0. The molecule has 11 heavy (non-hydrogen) atoms. The molecule has 0 aliphatic heterocycles. The van der Waals surface area contributed by atoms with Crippen LogP contribution in [0.2, 0.25) is 0 Å². The van der Waals surface area contributed by atoms with E-state index < -0.39 is 0 Å². The van der Waals surface area contributed by atoms with E-state index in [0.717, 1.165) is 11.0 Å². The van der Waals surface area contributed by atoms with Crippen molar-refractivity contribution in [3.8, 4) is 0 Å². The third kappa shape index (κ3) is 5.27. The molecule has 5 heteroatoms. The smallest absolute Gasteiger partial charge is 0.138 e. The fourth-order valence-electron chi connectivity index (χ4n) is 0.477. The van der Waals surface area contributed by atoms with E-state index in [9.17, 15) is 4.79 Å². The third-order valence-corrected chi connectivity index (χ3v) is 3.23. The lowest BCUT2D eigenvalue weighted by molar-refractivity contribution is -0.122. The van der Waals surface area contributed by atoms with E-state index >= 15 is 0 Å². The van der Waals surface area contributed by atoms with Crippen LogP contribution < -0.4 is 0 Å². The second-order valence-electron chi connectivity index (χ2n) is 2.43. The molecule has 0 aliphatic carbocycles. The molecule has 1 unspecified atom stereocenters. The Hall–Kier alpha value is 1.00. The van der Waals surface area contributed by atoms with E-state index in [2.05, 4.69) is 0 Å². The number of hydrogen-bond donors (Lipinski definition) is 0. The molecule has 0 fully saturated rings. The van der Waals surface area contributed by atoms with Crippen LogP contribution in [0.5, 0.6) is 0 Å². The zero-order valence-corrected chi connectivity index (χ0v) is 10.1. The first-order valence-corrected chi connectivity index (χ1v) is 5.78. The van der Waals surface area contributed by atoms with Crippen LogP contribution >= 0.6 is 44.7 Å². The molecule has 0 aromatic rings. The largest absolute Gasteiger partial charge is 0.300 e. The summed E-state index contributed by atoms with van der Waals surface area (Å²) in [5.74, 6) is 0.243. The number of Topliss-reactive ketones (excluding diaryl/α,β-unsaturated/α-hetero) is 1. The SMILES string of the molecule is CC(C)C(=O)CC(OI)SCl. The first-order chi connectivity index (χ1) is 5.11. The lowest BCUT2D eigenvalue weighted by Crippen LogP contribution is -2.14. The molecule has 0 aromatic carbocycles. The van der Waals surface area contributed by atoms with Crippen molar-refractivity contribution in [2.24, 2.45) is 5.92 Å². The molecule has 0 aromatic heterocycles. The van der Waals surface area contributed by atoms with Gasteiger partial charge in [0.2, 0.25) is 0 Å². The zero-order valence-electron chi connectivity index (χ0n) is 6.34. The summed E-state index contributed by atoms with van der Waals surface area (Å²) in [7, 11) is 6.49. The van der Waals surface area contributed by atoms with Crippen LogP contribution in [0, 0.1) is 5.92 Å². The van der Waals surface area contributed by atoms with Gasteiger partial charge in [0.15, 0.2) is 0 Å². The second kappa shape index (κ2) is 6.51. The minimum Gasteiger partial charge on any atom is -0.300 e. The Morgan fingerprint density at radius 2 is 2.27 bits per heavy atom. The average molecular weight is 309 g/mol. The van der Waals surface area contributed by atoms with Crippen LogP contribution in [0.3, 0.4) is 0 Å². The summed E-state index contributed by atoms with van der Waals surface area (Å²) in [6.45, 7) is 3.73. The van der Waals surface area contributed by atoms with Crippen LogP contribution in [0.25, 0.3) is 0 Å². The molecule has 1 atom stereocenters. The van der Waals surface area contributed by atoms with Gasteiger partial charge in [-0.2, -0.15) is 0 Å². The monoisotopic (exact) mass is 308 g/mol. The van der Waals surface area contributed by atoms with E-state index in [1.54, 1.807) is 23.0 Å². The van der Waals surface area contributed by atoms with Gasteiger partial charge >= 0.3 is 0 Å². The van der Waals surface area contributed by atoms with Gasteiger partial charge in [0, 0.05) is 12.3 Å². The van der Waals surface area contributed by atoms with Gasteiger partial charge in [-0.3, -0.25) is 7.86 Å². The summed E-state index contributed by atoms with van der Waals surface area (Å²) in [4.78, 5) is 11.1. The fraction of sp³-hybridized carbons (Fsp3) is 0.833. The van der Waals surface area contributed by atoms with Gasteiger partial charge in [0.1, 0.15) is 34.2 Å². The Morgan fingerprint density at radius 1 is 1.73 bits per heavy atom. The molecular weight excluding hydrogens is 298 g/mol. The highest BCUT2D eigenvalue weighted by atomic mass is 127. The zero-order chi connectivity index (χ0) is 8.85. The molecule has 0 amide bonds. The van der Waals surface area contributed by atoms with Gasteiger partial charge in [-0.05, 0) is 21.7 Å². The molecule has 0 aliphatic rings. The van der Waals surface area contributed by atoms with Crippen molar-refractivity contribution < 1.29 is 7.86 Å². The number of ketones is 1. The number of hydrogen-bond acceptors (Lipinski definition) is 3. The molecular formula is C6H10ClIO2S. The Bertz CT molecular complexity index is 128. The van der Waals surface area contributed by atoms with Crippen LogP contribution in [-0.2, 0) is 7.86 Å². The number of halogens is 2. The summed E-state index contributed by atoms with van der Waals surface area (Å²) < 4.78 is 4.90. The molecule has 0 saturated carbocycles. The van der Waals surface area contributed by atoms with Crippen molar-refractivity contribution in [2.45, 2.75) is 25.7 Å². The summed E-state index contributed by atoms with van der Waals surface area (Å²) in [6.07, 6.45) is 0.384. The van der Waals surface area contributed by atoms with E-state index in [1.165, 1.54) is 0 Å². The fourth-order valence-corrected chi connectivity index (χ4v) is 1.89. The van der Waals surface area contributed by atoms with Crippen LogP contribution in [0.4, 0.5) is 0 Å². The summed E-state index contributed by atoms with van der Waals surface area (Å²) >= 11 is 1.75. The van der Waals surface area contributed by atoms with Crippen molar-refractivity contribution >= 4 is 50.4 Å². The topological polar surface area (TPSA) is 26.3 Å². The Morgan fingerprint density at radius 3 is 2.55 bits per heavy atom. The summed E-state index contributed by atoms with van der Waals surface area (Å²) in [5.41, 5.74) is -0.216. The maximum atomic E-state index is 11.1. The first-order valence-electron chi connectivity index (χ1n) is 3.19. The minimum atomic E-state index is -0.216. The van der Waals surface area contributed by atoms with Crippen molar-refractivity contribution in [3.63, 3.8) is 0 Å². The Labute approximate surface area is 89.6 Å². The number of carbonyl (C=O) groups is 1. The second-order valence-corrected chi connectivity index (χ2v) is 4.18. The molecule has 66 valence electrons. The number of rotatable bonds is 5. The van der Waals surface area contributed by atoms with Gasteiger partial charge in [-0.15, -0.1) is 0 Å². The van der Waals surface area contributed by atoms with Gasteiger partial charge in [0.25, 0.3) is 0 Å². The van der Waals surface area contributed by atoms with Crippen molar-refractivity contribution in [1.29, 1.82) is 0 Å². The molecule has 2 nitrogen and oxygen atoms in total. The molecule has 0 radical (unpaired) electrons. The van der Waals surface area contributed by atoms with E-state index in [4.69, 9.17) is 13.7 Å². The lowest BCUT2D eigenvalue weighted by atomic mass is 10.1. The quantitative estimate of drug-likeness (QED) is 0.576. The maximum absolute atomic E-state index is 11.1. The lowest BCUT2D eigenvalue weighted by Gasteiger charge is -2.09. The third-order valence-electron chi connectivity index (χ3n) is 1.21. The minimum absolute atomic E-state index is 0.0628. The Kier molecular flexibility index (Phi) is 7.10. The van der Waals surface area contributed by atoms with Crippen LogP contribution in [0.15, 0.2) is 0 Å².